The zero-order chi connectivity index (χ0) is 18.4. The second-order valence-electron chi connectivity index (χ2n) is 4.92. The van der Waals surface area contributed by atoms with Crippen LogP contribution in [0.1, 0.15) is 12.5 Å². The maximum absolute atomic E-state index is 11.8. The van der Waals surface area contributed by atoms with Crippen molar-refractivity contribution in [1.82, 2.24) is 5.32 Å². The minimum absolute atomic E-state index is 0.357. The maximum atomic E-state index is 11.8. The lowest BCUT2D eigenvalue weighted by Crippen LogP contribution is -2.39. The van der Waals surface area contributed by atoms with Gasteiger partial charge in [-0.1, -0.05) is 11.6 Å². The summed E-state index contributed by atoms with van der Waals surface area (Å²) in [5.41, 5.74) is 0.595. The van der Waals surface area contributed by atoms with Crippen LogP contribution in [0.4, 0.5) is 4.79 Å². The van der Waals surface area contributed by atoms with Gasteiger partial charge in [-0.25, -0.2) is 9.59 Å². The molecule has 1 aliphatic rings. The summed E-state index contributed by atoms with van der Waals surface area (Å²) in [4.78, 5) is 34.3. The molecule has 0 bridgehead atoms. The molecule has 1 aliphatic heterocycles. The Morgan fingerprint density at radius 1 is 1.28 bits per heavy atom. The largest absolute Gasteiger partial charge is 0.486 e. The summed E-state index contributed by atoms with van der Waals surface area (Å²) in [6, 6.07) is 3.27. The Kier molecular flexibility index (Phi) is 6.24. The predicted molar refractivity (Wildman–Crippen MR) is 87.6 cm³/mol. The molecular formula is C16H16ClNO7. The normalized spacial score (nSPS) is 13.9. The molecule has 2 amide bonds. The molecular weight excluding hydrogens is 354 g/mol. The Balaban J connectivity index is 1.97. The first-order valence-corrected chi connectivity index (χ1v) is 7.65. The lowest BCUT2D eigenvalue weighted by atomic mass is 10.2. The fourth-order valence-corrected chi connectivity index (χ4v) is 2.19. The van der Waals surface area contributed by atoms with Gasteiger partial charge in [-0.15, -0.1) is 0 Å². The number of hydrogen-bond acceptors (Lipinski definition) is 7. The van der Waals surface area contributed by atoms with Crippen molar-refractivity contribution in [3.8, 4) is 11.5 Å². The van der Waals surface area contributed by atoms with Gasteiger partial charge in [-0.3, -0.25) is 10.1 Å². The molecule has 9 heteroatoms. The summed E-state index contributed by atoms with van der Waals surface area (Å²) < 4.78 is 20.0. The van der Waals surface area contributed by atoms with Crippen molar-refractivity contribution in [1.29, 1.82) is 0 Å². The first-order chi connectivity index (χ1) is 11.9. The van der Waals surface area contributed by atoms with Crippen LogP contribution >= 0.6 is 11.6 Å². The van der Waals surface area contributed by atoms with Gasteiger partial charge in [-0.05, 0) is 30.7 Å². The molecule has 0 fully saturated rings. The van der Waals surface area contributed by atoms with E-state index < -0.39 is 24.1 Å². The molecule has 1 aromatic carbocycles. The standard InChI is InChI=1S/C16H16ClNO7/c1-9(15(20)18-16(21)22-2)25-13(19)4-3-10-7-11(17)14-12(8-10)23-5-6-24-14/h3-4,7-9H,5-6H2,1-2H3,(H,18,20,21)/b4-3+/t9-/m0/s1. The number of methoxy groups -OCH3 is 1. The number of nitrogens with one attached hydrogen (secondary N) is 1. The Morgan fingerprint density at radius 2 is 2.00 bits per heavy atom. The third-order valence-corrected chi connectivity index (χ3v) is 3.38. The number of halogens is 1. The summed E-state index contributed by atoms with van der Waals surface area (Å²) in [7, 11) is 1.11. The first kappa shape index (κ1) is 18.6. The molecule has 1 atom stereocenters. The molecule has 25 heavy (non-hydrogen) atoms. The molecule has 0 spiro atoms. The number of hydrogen-bond donors (Lipinski definition) is 1. The van der Waals surface area contributed by atoms with Gasteiger partial charge in [-0.2, -0.15) is 0 Å². The lowest BCUT2D eigenvalue weighted by molar-refractivity contribution is -0.149. The quantitative estimate of drug-likeness (QED) is 0.639. The van der Waals surface area contributed by atoms with Gasteiger partial charge >= 0.3 is 12.1 Å². The molecule has 1 aromatic rings. The molecule has 2 rings (SSSR count). The minimum Gasteiger partial charge on any atom is -0.486 e. The van der Waals surface area contributed by atoms with E-state index in [1.165, 1.54) is 13.0 Å². The van der Waals surface area contributed by atoms with Crippen LogP contribution in [-0.4, -0.2) is 44.4 Å². The Hall–Kier alpha value is -2.74. The van der Waals surface area contributed by atoms with Crippen LogP contribution in [0.2, 0.25) is 5.02 Å². The average molecular weight is 370 g/mol. The Labute approximate surface area is 148 Å². The van der Waals surface area contributed by atoms with Gasteiger partial charge in [0.05, 0.1) is 12.1 Å². The first-order valence-electron chi connectivity index (χ1n) is 7.27. The second-order valence-corrected chi connectivity index (χ2v) is 5.33. The van der Waals surface area contributed by atoms with E-state index in [4.69, 9.17) is 25.8 Å². The fourth-order valence-electron chi connectivity index (χ4n) is 1.91. The van der Waals surface area contributed by atoms with Gasteiger partial charge in [0.2, 0.25) is 0 Å². The summed E-state index contributed by atoms with van der Waals surface area (Å²) in [5.74, 6) is -0.618. The summed E-state index contributed by atoms with van der Waals surface area (Å²) in [6.45, 7) is 2.15. The van der Waals surface area contributed by atoms with Gasteiger partial charge in [0.15, 0.2) is 17.6 Å². The van der Waals surface area contributed by atoms with E-state index in [0.29, 0.717) is 35.3 Å². The van der Waals surface area contributed by atoms with Crippen molar-refractivity contribution < 1.29 is 33.3 Å². The highest BCUT2D eigenvalue weighted by Gasteiger charge is 2.19. The number of fused-ring (bicyclic) bond motifs is 1. The monoisotopic (exact) mass is 369 g/mol. The molecule has 0 saturated carbocycles. The van der Waals surface area contributed by atoms with Crippen molar-refractivity contribution in [2.45, 2.75) is 13.0 Å². The van der Waals surface area contributed by atoms with Crippen LogP contribution < -0.4 is 14.8 Å². The van der Waals surface area contributed by atoms with E-state index in [0.717, 1.165) is 13.2 Å². The van der Waals surface area contributed by atoms with Gasteiger partial charge < -0.3 is 18.9 Å². The zero-order valence-electron chi connectivity index (χ0n) is 13.5. The van der Waals surface area contributed by atoms with E-state index in [9.17, 15) is 14.4 Å². The molecule has 134 valence electrons. The van der Waals surface area contributed by atoms with Crippen molar-refractivity contribution in [2.24, 2.45) is 0 Å². The fraction of sp³-hybridized carbons (Fsp3) is 0.312. The highest BCUT2D eigenvalue weighted by atomic mass is 35.5. The van der Waals surface area contributed by atoms with E-state index in [1.807, 2.05) is 5.32 Å². The van der Waals surface area contributed by atoms with Crippen molar-refractivity contribution in [3.05, 3.63) is 28.8 Å². The smallest absolute Gasteiger partial charge is 0.413 e. The van der Waals surface area contributed by atoms with Crippen LogP contribution in [0.5, 0.6) is 11.5 Å². The number of ether oxygens (including phenoxy) is 4. The maximum Gasteiger partial charge on any atom is 0.413 e. The summed E-state index contributed by atoms with van der Waals surface area (Å²) >= 11 is 6.10. The lowest BCUT2D eigenvalue weighted by Gasteiger charge is -2.19. The molecule has 0 radical (unpaired) electrons. The molecule has 0 unspecified atom stereocenters. The van der Waals surface area contributed by atoms with E-state index >= 15 is 0 Å². The van der Waals surface area contributed by atoms with Crippen molar-refractivity contribution in [3.63, 3.8) is 0 Å². The van der Waals surface area contributed by atoms with Crippen molar-refractivity contribution >= 4 is 35.6 Å². The third kappa shape index (κ3) is 5.12. The van der Waals surface area contributed by atoms with Gasteiger partial charge in [0.25, 0.3) is 5.91 Å². The third-order valence-electron chi connectivity index (χ3n) is 3.10. The molecule has 8 nitrogen and oxygen atoms in total. The number of amides is 2. The van der Waals surface area contributed by atoms with E-state index in [1.54, 1.807) is 12.1 Å². The number of carbonyl (C=O) groups is 3. The van der Waals surface area contributed by atoms with Crippen LogP contribution in [0.15, 0.2) is 18.2 Å². The predicted octanol–water partition coefficient (Wildman–Crippen LogP) is 1.94. The minimum atomic E-state index is -1.17. The van der Waals surface area contributed by atoms with Gasteiger partial charge in [0, 0.05) is 6.08 Å². The zero-order valence-corrected chi connectivity index (χ0v) is 14.3. The average Bonchev–Trinajstić information content (AvgIpc) is 2.59. The molecule has 1 heterocycles. The number of rotatable bonds is 4. The molecule has 0 aromatic heterocycles. The van der Waals surface area contributed by atoms with Crippen LogP contribution in [-0.2, 0) is 19.1 Å². The van der Waals surface area contributed by atoms with Crippen molar-refractivity contribution in [2.75, 3.05) is 20.3 Å². The number of imide groups is 1. The molecule has 0 aliphatic carbocycles. The summed E-state index contributed by atoms with van der Waals surface area (Å²) in [5, 5.41) is 2.26. The van der Waals surface area contributed by atoms with Crippen LogP contribution in [0, 0.1) is 0 Å². The number of esters is 1. The van der Waals surface area contributed by atoms with Crippen LogP contribution in [0.25, 0.3) is 6.08 Å². The Morgan fingerprint density at radius 3 is 2.72 bits per heavy atom. The SMILES string of the molecule is COC(=O)NC(=O)[C@H](C)OC(=O)/C=C/c1cc(Cl)c2c(c1)OCCO2. The number of benzene rings is 1. The molecule has 0 saturated heterocycles. The number of carbonyl (C=O) groups excluding carboxylic acids is 3. The molecule has 1 N–H and O–H groups in total. The summed E-state index contributed by atoms with van der Waals surface area (Å²) in [6.07, 6.45) is 0.482. The number of alkyl carbamates (subject to hydrolysis) is 1. The van der Waals surface area contributed by atoms with E-state index in [2.05, 4.69) is 4.74 Å². The highest BCUT2D eigenvalue weighted by molar-refractivity contribution is 6.32. The van der Waals surface area contributed by atoms with E-state index in [-0.39, 0.29) is 0 Å². The highest BCUT2D eigenvalue weighted by Crippen LogP contribution is 2.38. The van der Waals surface area contributed by atoms with Gasteiger partial charge in [0.1, 0.15) is 13.2 Å². The topological polar surface area (TPSA) is 100 Å². The van der Waals surface area contributed by atoms with Crippen LogP contribution in [0.3, 0.4) is 0 Å². The Bertz CT molecular complexity index is 717. The second kappa shape index (κ2) is 8.39.